The van der Waals surface area contributed by atoms with Crippen LogP contribution in [0.15, 0.2) is 30.3 Å². The number of carboxylic acids is 1. The van der Waals surface area contributed by atoms with E-state index in [4.69, 9.17) is 9.47 Å². The molecular formula is C14H17NO5. The molecule has 6 heteroatoms. The first-order valence-corrected chi connectivity index (χ1v) is 6.31. The Bertz CT molecular complexity index is 490. The molecule has 20 heavy (non-hydrogen) atoms. The first-order chi connectivity index (χ1) is 9.52. The highest BCUT2D eigenvalue weighted by atomic mass is 16.5. The van der Waals surface area contributed by atoms with Crippen LogP contribution in [0.25, 0.3) is 0 Å². The summed E-state index contributed by atoms with van der Waals surface area (Å²) in [7, 11) is 0. The summed E-state index contributed by atoms with van der Waals surface area (Å²) in [4.78, 5) is 23.0. The number of carbonyl (C=O) groups is 2. The maximum absolute atomic E-state index is 11.8. The van der Waals surface area contributed by atoms with E-state index in [-0.39, 0.29) is 25.7 Å². The monoisotopic (exact) mass is 279 g/mol. The van der Waals surface area contributed by atoms with Gasteiger partial charge in [0.2, 0.25) is 0 Å². The Labute approximate surface area is 116 Å². The molecule has 6 nitrogen and oxygen atoms in total. The Morgan fingerprint density at radius 2 is 2.15 bits per heavy atom. The van der Waals surface area contributed by atoms with Gasteiger partial charge < -0.3 is 19.9 Å². The Morgan fingerprint density at radius 3 is 2.80 bits per heavy atom. The van der Waals surface area contributed by atoms with Gasteiger partial charge in [0.15, 0.2) is 6.61 Å². The lowest BCUT2D eigenvalue weighted by Crippen LogP contribution is -2.50. The quantitative estimate of drug-likeness (QED) is 0.827. The molecule has 1 aliphatic heterocycles. The molecule has 0 radical (unpaired) electrons. The molecule has 0 aromatic heterocycles. The van der Waals surface area contributed by atoms with Crippen molar-refractivity contribution in [3.8, 4) is 5.75 Å². The number of benzene rings is 1. The van der Waals surface area contributed by atoms with Crippen molar-refractivity contribution in [1.29, 1.82) is 0 Å². The van der Waals surface area contributed by atoms with E-state index in [0.29, 0.717) is 5.75 Å². The molecule has 0 spiro atoms. The predicted molar refractivity (Wildman–Crippen MR) is 70.4 cm³/mol. The number of carboxylic acid groups (broad SMARTS) is 1. The van der Waals surface area contributed by atoms with Crippen molar-refractivity contribution in [2.45, 2.75) is 13.0 Å². The zero-order chi connectivity index (χ0) is 14.6. The van der Waals surface area contributed by atoms with Crippen LogP contribution in [0.2, 0.25) is 0 Å². The van der Waals surface area contributed by atoms with E-state index in [1.54, 1.807) is 31.2 Å². The van der Waals surface area contributed by atoms with E-state index in [2.05, 4.69) is 5.32 Å². The van der Waals surface area contributed by atoms with Gasteiger partial charge in [-0.3, -0.25) is 9.59 Å². The second kappa shape index (κ2) is 5.92. The van der Waals surface area contributed by atoms with Crippen LogP contribution in [0.4, 0.5) is 0 Å². The standard InChI is InChI=1S/C14H17NO5/c1-14(13(17)18)9-19-7-11(14)15-12(16)8-20-10-5-3-2-4-6-10/h2-6,11H,7-9H2,1H3,(H,15,16)(H,17,18). The zero-order valence-corrected chi connectivity index (χ0v) is 11.2. The Balaban J connectivity index is 1.87. The lowest BCUT2D eigenvalue weighted by atomic mass is 9.85. The van der Waals surface area contributed by atoms with Gasteiger partial charge in [0, 0.05) is 0 Å². The summed E-state index contributed by atoms with van der Waals surface area (Å²) in [5, 5.41) is 11.9. The highest BCUT2D eigenvalue weighted by Gasteiger charge is 2.47. The number of nitrogens with one attached hydrogen (secondary N) is 1. The van der Waals surface area contributed by atoms with Crippen molar-refractivity contribution in [3.63, 3.8) is 0 Å². The van der Waals surface area contributed by atoms with Gasteiger partial charge in [0.25, 0.3) is 5.91 Å². The molecule has 2 unspecified atom stereocenters. The SMILES string of the molecule is CC1(C(=O)O)COCC1NC(=O)COc1ccccc1. The number of aliphatic carboxylic acids is 1. The summed E-state index contributed by atoms with van der Waals surface area (Å²) in [6.07, 6.45) is 0. The summed E-state index contributed by atoms with van der Waals surface area (Å²) >= 11 is 0. The lowest BCUT2D eigenvalue weighted by molar-refractivity contribution is -0.149. The average molecular weight is 279 g/mol. The molecule has 0 aliphatic carbocycles. The molecule has 0 saturated carbocycles. The summed E-state index contributed by atoms with van der Waals surface area (Å²) in [6, 6.07) is 8.40. The minimum Gasteiger partial charge on any atom is -0.484 e. The van der Waals surface area contributed by atoms with Crippen molar-refractivity contribution in [1.82, 2.24) is 5.32 Å². The smallest absolute Gasteiger partial charge is 0.313 e. The summed E-state index contributed by atoms with van der Waals surface area (Å²) in [5.74, 6) is -0.757. The van der Waals surface area contributed by atoms with Crippen molar-refractivity contribution in [2.24, 2.45) is 5.41 Å². The number of hydrogen-bond donors (Lipinski definition) is 2. The van der Waals surface area contributed by atoms with Crippen LogP contribution in [0.3, 0.4) is 0 Å². The van der Waals surface area contributed by atoms with Crippen LogP contribution < -0.4 is 10.1 Å². The normalized spacial score (nSPS) is 25.1. The van der Waals surface area contributed by atoms with E-state index < -0.39 is 17.4 Å². The van der Waals surface area contributed by atoms with Gasteiger partial charge in [-0.05, 0) is 19.1 Å². The third-order valence-corrected chi connectivity index (χ3v) is 3.39. The fourth-order valence-corrected chi connectivity index (χ4v) is 1.99. The first-order valence-electron chi connectivity index (χ1n) is 6.31. The molecular weight excluding hydrogens is 262 g/mol. The number of amides is 1. The van der Waals surface area contributed by atoms with Crippen LogP contribution in [0.5, 0.6) is 5.75 Å². The van der Waals surface area contributed by atoms with Crippen LogP contribution in [-0.4, -0.2) is 42.8 Å². The van der Waals surface area contributed by atoms with Crippen molar-refractivity contribution >= 4 is 11.9 Å². The van der Waals surface area contributed by atoms with E-state index >= 15 is 0 Å². The summed E-state index contributed by atoms with van der Waals surface area (Å²) < 4.78 is 10.5. The second-order valence-electron chi connectivity index (χ2n) is 4.96. The number of carbonyl (C=O) groups excluding carboxylic acids is 1. The predicted octanol–water partition coefficient (Wildman–Crippen LogP) is 0.671. The van der Waals surface area contributed by atoms with Crippen LogP contribution >= 0.6 is 0 Å². The largest absolute Gasteiger partial charge is 0.484 e. The van der Waals surface area contributed by atoms with Gasteiger partial charge in [-0.2, -0.15) is 0 Å². The van der Waals surface area contributed by atoms with Crippen molar-refractivity contribution < 1.29 is 24.2 Å². The van der Waals surface area contributed by atoms with Gasteiger partial charge in [-0.25, -0.2) is 0 Å². The molecule has 2 N–H and O–H groups in total. The number of hydrogen-bond acceptors (Lipinski definition) is 4. The minimum atomic E-state index is -1.09. The zero-order valence-electron chi connectivity index (χ0n) is 11.2. The third kappa shape index (κ3) is 3.08. The van der Waals surface area contributed by atoms with Gasteiger partial charge in [-0.1, -0.05) is 18.2 Å². The molecule has 2 atom stereocenters. The maximum atomic E-state index is 11.8. The third-order valence-electron chi connectivity index (χ3n) is 3.39. The van der Waals surface area contributed by atoms with E-state index in [0.717, 1.165) is 0 Å². The molecule has 1 amide bonds. The summed E-state index contributed by atoms with van der Waals surface area (Å²) in [5.41, 5.74) is -1.09. The van der Waals surface area contributed by atoms with E-state index in [9.17, 15) is 14.7 Å². The maximum Gasteiger partial charge on any atom is 0.313 e. The Kier molecular flexibility index (Phi) is 4.24. The molecule has 1 aromatic carbocycles. The molecule has 2 rings (SSSR count). The van der Waals surface area contributed by atoms with Crippen molar-refractivity contribution in [2.75, 3.05) is 19.8 Å². The highest BCUT2D eigenvalue weighted by molar-refractivity contribution is 5.81. The van der Waals surface area contributed by atoms with Crippen LogP contribution in [0.1, 0.15) is 6.92 Å². The fourth-order valence-electron chi connectivity index (χ4n) is 1.99. The molecule has 1 heterocycles. The van der Waals surface area contributed by atoms with E-state index in [1.165, 1.54) is 0 Å². The average Bonchev–Trinajstić information content (AvgIpc) is 2.80. The Hall–Kier alpha value is -2.08. The van der Waals surface area contributed by atoms with Gasteiger partial charge >= 0.3 is 5.97 Å². The molecule has 1 saturated heterocycles. The molecule has 0 bridgehead atoms. The molecule has 108 valence electrons. The number of ether oxygens (including phenoxy) is 2. The van der Waals surface area contributed by atoms with Crippen LogP contribution in [-0.2, 0) is 14.3 Å². The van der Waals surface area contributed by atoms with E-state index in [1.807, 2.05) is 6.07 Å². The fraction of sp³-hybridized carbons (Fsp3) is 0.429. The van der Waals surface area contributed by atoms with Gasteiger partial charge in [0.05, 0.1) is 19.3 Å². The molecule has 1 fully saturated rings. The van der Waals surface area contributed by atoms with Crippen molar-refractivity contribution in [3.05, 3.63) is 30.3 Å². The topological polar surface area (TPSA) is 84.9 Å². The second-order valence-corrected chi connectivity index (χ2v) is 4.96. The first kappa shape index (κ1) is 14.3. The minimum absolute atomic E-state index is 0.0901. The van der Waals surface area contributed by atoms with Gasteiger partial charge in [0.1, 0.15) is 11.2 Å². The lowest BCUT2D eigenvalue weighted by Gasteiger charge is -2.25. The summed E-state index contributed by atoms with van der Waals surface area (Å²) in [6.45, 7) is 1.69. The number of para-hydroxylation sites is 1. The van der Waals surface area contributed by atoms with Gasteiger partial charge in [-0.15, -0.1) is 0 Å². The molecule has 1 aromatic rings. The number of rotatable bonds is 5. The highest BCUT2D eigenvalue weighted by Crippen LogP contribution is 2.28. The Morgan fingerprint density at radius 1 is 1.45 bits per heavy atom. The molecule has 1 aliphatic rings. The van der Waals surface area contributed by atoms with Crippen LogP contribution in [0, 0.1) is 5.41 Å².